The SMILES string of the molecule is CCNCc1ccc(S(=O)(=O)Nc2cccnc2C)o1. The lowest BCUT2D eigenvalue weighted by Crippen LogP contribution is -2.14. The van der Waals surface area contributed by atoms with Gasteiger partial charge in [-0.1, -0.05) is 6.92 Å². The summed E-state index contributed by atoms with van der Waals surface area (Å²) in [5.41, 5.74) is 1.05. The van der Waals surface area contributed by atoms with Gasteiger partial charge in [0.05, 0.1) is 17.9 Å². The van der Waals surface area contributed by atoms with E-state index in [1.54, 1.807) is 31.3 Å². The highest BCUT2D eigenvalue weighted by molar-refractivity contribution is 7.92. The summed E-state index contributed by atoms with van der Waals surface area (Å²) in [4.78, 5) is 4.04. The van der Waals surface area contributed by atoms with Crippen LogP contribution in [-0.2, 0) is 16.6 Å². The zero-order valence-corrected chi connectivity index (χ0v) is 12.2. The molecule has 20 heavy (non-hydrogen) atoms. The maximum absolute atomic E-state index is 12.2. The van der Waals surface area contributed by atoms with Gasteiger partial charge >= 0.3 is 0 Å². The van der Waals surface area contributed by atoms with Crippen molar-refractivity contribution in [2.75, 3.05) is 11.3 Å². The first-order chi connectivity index (χ1) is 9.53. The summed E-state index contributed by atoms with van der Waals surface area (Å²) in [6.45, 7) is 4.98. The van der Waals surface area contributed by atoms with Gasteiger partial charge in [-0.2, -0.15) is 8.42 Å². The Balaban J connectivity index is 2.18. The van der Waals surface area contributed by atoms with Crippen LogP contribution in [0.15, 0.2) is 40.0 Å². The number of pyridine rings is 1. The molecule has 2 rings (SSSR count). The molecule has 0 radical (unpaired) electrons. The van der Waals surface area contributed by atoms with Crippen LogP contribution in [0.5, 0.6) is 0 Å². The summed E-state index contributed by atoms with van der Waals surface area (Å²) in [5, 5.41) is 2.97. The number of sulfonamides is 1. The highest BCUT2D eigenvalue weighted by Crippen LogP contribution is 2.19. The van der Waals surface area contributed by atoms with E-state index in [2.05, 4.69) is 15.0 Å². The molecule has 0 spiro atoms. The lowest BCUT2D eigenvalue weighted by molar-refractivity contribution is 0.405. The Hall–Kier alpha value is -1.86. The number of hydrogen-bond acceptors (Lipinski definition) is 5. The molecule has 0 unspecified atom stereocenters. The van der Waals surface area contributed by atoms with E-state index in [0.717, 1.165) is 6.54 Å². The molecule has 0 aliphatic rings. The van der Waals surface area contributed by atoms with E-state index in [0.29, 0.717) is 23.7 Å². The molecule has 2 heterocycles. The van der Waals surface area contributed by atoms with Gasteiger partial charge in [0.15, 0.2) is 0 Å². The van der Waals surface area contributed by atoms with Gasteiger partial charge in [-0.3, -0.25) is 9.71 Å². The van der Waals surface area contributed by atoms with Crippen LogP contribution < -0.4 is 10.0 Å². The summed E-state index contributed by atoms with van der Waals surface area (Å²) < 4.78 is 32.2. The molecular weight excluding hydrogens is 278 g/mol. The lowest BCUT2D eigenvalue weighted by atomic mass is 10.3. The Morgan fingerprint density at radius 1 is 1.30 bits per heavy atom. The second-order valence-corrected chi connectivity index (χ2v) is 5.86. The second kappa shape index (κ2) is 6.06. The van der Waals surface area contributed by atoms with Crippen molar-refractivity contribution in [3.8, 4) is 0 Å². The largest absolute Gasteiger partial charge is 0.446 e. The van der Waals surface area contributed by atoms with E-state index in [1.165, 1.54) is 6.07 Å². The molecule has 2 aromatic rings. The fourth-order valence-electron chi connectivity index (χ4n) is 1.63. The van der Waals surface area contributed by atoms with Crippen molar-refractivity contribution in [2.24, 2.45) is 0 Å². The van der Waals surface area contributed by atoms with Crippen molar-refractivity contribution in [3.63, 3.8) is 0 Å². The fraction of sp³-hybridized carbons (Fsp3) is 0.308. The van der Waals surface area contributed by atoms with Gasteiger partial charge in [-0.25, -0.2) is 0 Å². The number of nitrogens with zero attached hydrogens (tertiary/aromatic N) is 1. The number of rotatable bonds is 6. The van der Waals surface area contributed by atoms with Crippen molar-refractivity contribution in [3.05, 3.63) is 41.9 Å². The Morgan fingerprint density at radius 3 is 2.80 bits per heavy atom. The minimum atomic E-state index is -3.72. The Bertz CT molecular complexity index is 680. The summed E-state index contributed by atoms with van der Waals surface area (Å²) in [6, 6.07) is 6.42. The minimum Gasteiger partial charge on any atom is -0.446 e. The molecule has 0 bridgehead atoms. The third kappa shape index (κ3) is 3.37. The van der Waals surface area contributed by atoms with Gasteiger partial charge in [0.1, 0.15) is 5.76 Å². The summed E-state index contributed by atoms with van der Waals surface area (Å²) >= 11 is 0. The molecule has 0 saturated carbocycles. The first-order valence-corrected chi connectivity index (χ1v) is 7.75. The van der Waals surface area contributed by atoms with Gasteiger partial charge in [0.25, 0.3) is 10.0 Å². The van der Waals surface area contributed by atoms with E-state index in [9.17, 15) is 8.42 Å². The van der Waals surface area contributed by atoms with Crippen LogP contribution in [0.4, 0.5) is 5.69 Å². The van der Waals surface area contributed by atoms with Gasteiger partial charge in [0, 0.05) is 6.20 Å². The van der Waals surface area contributed by atoms with E-state index in [4.69, 9.17) is 4.42 Å². The van der Waals surface area contributed by atoms with Crippen LogP contribution >= 0.6 is 0 Å². The zero-order valence-electron chi connectivity index (χ0n) is 11.4. The van der Waals surface area contributed by atoms with Crippen LogP contribution in [0.2, 0.25) is 0 Å². The van der Waals surface area contributed by atoms with Crippen LogP contribution in [-0.4, -0.2) is 19.9 Å². The lowest BCUT2D eigenvalue weighted by Gasteiger charge is -2.07. The smallest absolute Gasteiger partial charge is 0.295 e. The highest BCUT2D eigenvalue weighted by atomic mass is 32.2. The average molecular weight is 295 g/mol. The van der Waals surface area contributed by atoms with Crippen molar-refractivity contribution in [1.82, 2.24) is 10.3 Å². The first-order valence-electron chi connectivity index (χ1n) is 6.27. The summed E-state index contributed by atoms with van der Waals surface area (Å²) in [5.74, 6) is 0.579. The van der Waals surface area contributed by atoms with E-state index >= 15 is 0 Å². The number of furan rings is 1. The van der Waals surface area contributed by atoms with Gasteiger partial charge in [0.2, 0.25) is 5.09 Å². The third-order valence-corrected chi connectivity index (χ3v) is 3.94. The highest BCUT2D eigenvalue weighted by Gasteiger charge is 2.19. The molecule has 2 N–H and O–H groups in total. The van der Waals surface area contributed by atoms with Crippen LogP contribution in [0.1, 0.15) is 18.4 Å². The molecule has 108 valence electrons. The number of aromatic nitrogens is 1. The average Bonchev–Trinajstić information content (AvgIpc) is 2.88. The second-order valence-electron chi connectivity index (χ2n) is 4.24. The van der Waals surface area contributed by atoms with Crippen LogP contribution in [0.25, 0.3) is 0 Å². The molecular formula is C13H17N3O3S. The number of aryl methyl sites for hydroxylation is 1. The third-order valence-electron chi connectivity index (χ3n) is 2.70. The van der Waals surface area contributed by atoms with E-state index in [-0.39, 0.29) is 5.09 Å². The number of nitrogens with one attached hydrogen (secondary N) is 2. The molecule has 0 atom stereocenters. The monoisotopic (exact) mass is 295 g/mol. The molecule has 0 aliphatic heterocycles. The standard InChI is InChI=1S/C13H17N3O3S/c1-3-14-9-11-6-7-13(19-11)20(17,18)16-12-5-4-8-15-10(12)2/h4-8,14,16H,3,9H2,1-2H3. The van der Waals surface area contributed by atoms with E-state index in [1.807, 2.05) is 6.92 Å². The van der Waals surface area contributed by atoms with Crippen LogP contribution in [0, 0.1) is 6.92 Å². The predicted octanol–water partition coefficient (Wildman–Crippen LogP) is 1.89. The molecule has 6 nitrogen and oxygen atoms in total. The Labute approximate surface area is 118 Å². The molecule has 0 saturated heterocycles. The fourth-order valence-corrected chi connectivity index (χ4v) is 2.70. The molecule has 7 heteroatoms. The van der Waals surface area contributed by atoms with Crippen molar-refractivity contribution >= 4 is 15.7 Å². The van der Waals surface area contributed by atoms with Gasteiger partial charge < -0.3 is 9.73 Å². The predicted molar refractivity (Wildman–Crippen MR) is 75.9 cm³/mol. The Morgan fingerprint density at radius 2 is 2.10 bits per heavy atom. The normalized spacial score (nSPS) is 11.5. The maximum Gasteiger partial charge on any atom is 0.295 e. The summed E-state index contributed by atoms with van der Waals surface area (Å²) in [6.07, 6.45) is 1.61. The first kappa shape index (κ1) is 14.5. The zero-order chi connectivity index (χ0) is 14.6. The molecule has 0 fully saturated rings. The molecule has 0 aliphatic carbocycles. The molecule has 2 aromatic heterocycles. The number of anilines is 1. The van der Waals surface area contributed by atoms with Gasteiger partial charge in [-0.05, 0) is 37.7 Å². The minimum absolute atomic E-state index is 0.103. The van der Waals surface area contributed by atoms with Crippen molar-refractivity contribution < 1.29 is 12.8 Å². The molecule has 0 aromatic carbocycles. The topological polar surface area (TPSA) is 84.2 Å². The van der Waals surface area contributed by atoms with Gasteiger partial charge in [-0.15, -0.1) is 0 Å². The van der Waals surface area contributed by atoms with E-state index < -0.39 is 10.0 Å². The van der Waals surface area contributed by atoms with Crippen LogP contribution in [0.3, 0.4) is 0 Å². The Kier molecular flexibility index (Phi) is 4.41. The number of hydrogen-bond donors (Lipinski definition) is 2. The van der Waals surface area contributed by atoms with Crippen molar-refractivity contribution in [2.45, 2.75) is 25.5 Å². The van der Waals surface area contributed by atoms with Crippen molar-refractivity contribution in [1.29, 1.82) is 0 Å². The maximum atomic E-state index is 12.2. The summed E-state index contributed by atoms with van der Waals surface area (Å²) in [7, 11) is -3.72. The molecule has 0 amide bonds. The quantitative estimate of drug-likeness (QED) is 0.850.